The van der Waals surface area contributed by atoms with Crippen molar-refractivity contribution in [2.75, 3.05) is 13.2 Å². The zero-order chi connectivity index (χ0) is 66.9. The van der Waals surface area contributed by atoms with Crippen molar-refractivity contribution in [1.29, 1.82) is 0 Å². The molecule has 1 N–H and O–H groups in total. The highest BCUT2D eigenvalue weighted by atomic mass is 28.4. The van der Waals surface area contributed by atoms with Crippen LogP contribution in [0.3, 0.4) is 0 Å². The molecule has 498 valence electrons. The second kappa shape index (κ2) is 32.8. The number of carbonyl (C=O) groups is 4. The number of rotatable bonds is 26. The summed E-state index contributed by atoms with van der Waals surface area (Å²) in [5, 5.41) is 15.7. The molecule has 0 radical (unpaired) electrons. The summed E-state index contributed by atoms with van der Waals surface area (Å²) in [5.74, 6) is -3.65. The van der Waals surface area contributed by atoms with Crippen molar-refractivity contribution < 1.29 is 85.6 Å². The van der Waals surface area contributed by atoms with Crippen LogP contribution in [0.25, 0.3) is 10.4 Å². The minimum Gasteiger partial charge on any atom is -0.459 e. The van der Waals surface area contributed by atoms with Crippen molar-refractivity contribution in [3.8, 4) is 0 Å². The third-order valence-corrected chi connectivity index (χ3v) is 21.5. The van der Waals surface area contributed by atoms with Crippen LogP contribution in [0, 0.1) is 0 Å². The fraction of sp³-hybridized carbons (Fsp3) is 0.370. The van der Waals surface area contributed by atoms with Crippen LogP contribution in [0.4, 0.5) is 0 Å². The van der Waals surface area contributed by atoms with Gasteiger partial charge in [-0.2, -0.15) is 0 Å². The second-order valence-corrected chi connectivity index (χ2v) is 29.5. The Balaban J connectivity index is 1.12. The minimum atomic E-state index is -2.93. The lowest BCUT2D eigenvalue weighted by Crippen LogP contribution is -2.68. The van der Waals surface area contributed by atoms with Crippen LogP contribution in [0.5, 0.6) is 0 Å². The first-order valence-corrected chi connectivity index (χ1v) is 34.5. The van der Waals surface area contributed by atoms with Gasteiger partial charge in [0, 0.05) is 4.91 Å². The molecule has 7 aromatic rings. The molecule has 3 fully saturated rings. The van der Waals surface area contributed by atoms with E-state index in [4.69, 9.17) is 61.3 Å². The zero-order valence-electron chi connectivity index (χ0n) is 53.6. The fourth-order valence-corrected chi connectivity index (χ4v) is 12.2. The first-order valence-electron chi connectivity index (χ1n) is 31.6. The summed E-state index contributed by atoms with van der Waals surface area (Å²) in [6.45, 7) is 10.6. The van der Waals surface area contributed by atoms with E-state index >= 15 is 0 Å². The van der Waals surface area contributed by atoms with E-state index in [2.05, 4.69) is 10.0 Å². The van der Waals surface area contributed by atoms with Gasteiger partial charge in [-0.15, -0.1) is 0 Å². The molecule has 3 aliphatic heterocycles. The average molecular weight is 1310 g/mol. The van der Waals surface area contributed by atoms with Gasteiger partial charge in [0.2, 0.25) is 0 Å². The Labute approximate surface area is 553 Å². The van der Waals surface area contributed by atoms with Crippen LogP contribution in [-0.4, -0.2) is 143 Å². The number of benzene rings is 7. The Morgan fingerprint density at radius 1 is 0.463 bits per heavy atom. The molecular weight excluding hydrogens is 1230 g/mol. The highest BCUT2D eigenvalue weighted by molar-refractivity contribution is 6.74. The third kappa shape index (κ3) is 17.9. The summed E-state index contributed by atoms with van der Waals surface area (Å²) in [7, 11) is -2.93. The van der Waals surface area contributed by atoms with Gasteiger partial charge in [-0.25, -0.2) is 19.2 Å². The topological polar surface area (TPSA) is 257 Å². The van der Waals surface area contributed by atoms with E-state index in [0.717, 1.165) is 16.7 Å². The summed E-state index contributed by atoms with van der Waals surface area (Å²) in [6, 6.07) is 59.0. The van der Waals surface area contributed by atoms with E-state index in [1.165, 1.54) is 48.5 Å². The van der Waals surface area contributed by atoms with E-state index < -0.39 is 143 Å². The van der Waals surface area contributed by atoms with Crippen LogP contribution in [0.1, 0.15) is 85.8 Å². The maximum atomic E-state index is 14.8. The molecule has 95 heavy (non-hydrogen) atoms. The number of azide groups is 1. The molecule has 10 rings (SSSR count). The smallest absolute Gasteiger partial charge is 0.338 e. The van der Waals surface area contributed by atoms with Crippen molar-refractivity contribution in [3.63, 3.8) is 0 Å². The van der Waals surface area contributed by atoms with Crippen LogP contribution in [-0.2, 0) is 81.1 Å². The van der Waals surface area contributed by atoms with E-state index in [9.17, 15) is 29.8 Å². The number of aliphatic hydroxyl groups is 1. The van der Waals surface area contributed by atoms with Crippen LogP contribution in [0.15, 0.2) is 217 Å². The van der Waals surface area contributed by atoms with E-state index in [-0.39, 0.29) is 42.1 Å². The van der Waals surface area contributed by atoms with Gasteiger partial charge >= 0.3 is 23.9 Å². The Hall–Kier alpha value is -8.45. The van der Waals surface area contributed by atoms with Crippen molar-refractivity contribution in [1.82, 2.24) is 0 Å². The summed E-state index contributed by atoms with van der Waals surface area (Å²) in [5.41, 5.74) is 13.6. The first kappa shape index (κ1) is 69.4. The Kier molecular flexibility index (Phi) is 24.0. The lowest BCUT2D eigenvalue weighted by Gasteiger charge is -2.52. The molecule has 0 bridgehead atoms. The molecule has 22 heteroatoms. The molecular formula is C73H79N3O18Si. The standard InChI is InChI=1S/C73H79N3O18Si/c1-47-58(82-43-48-28-14-7-15-29-48)62(83-44-49-30-16-8-17-31-49)64(84-45-50-32-18-9-19-33-50)71(86-47)93-61-57(75-76-74)70(94-95(5,6)73(2,3)4)87-55(42-77)59(61)92-72-65(91-69(81)54-40-26-13-27-41-54)63(90-68(80)53-38-24-12-25-39-53)60(89-67(79)52-36-22-11-23-37-52)56(88-72)46-85-66(78)51-34-20-10-21-35-51/h7-41,47,55-65,70-72,77H,42-46H2,1-6H3/t47-,55+,56+,57+,58+,59+,60-,61+,62+,63-,64-,65+,70-,71-,72-/m0/s1. The van der Waals surface area contributed by atoms with E-state index in [0.29, 0.717) is 0 Å². The van der Waals surface area contributed by atoms with Crippen LogP contribution >= 0.6 is 0 Å². The third-order valence-electron chi connectivity index (χ3n) is 17.1. The van der Waals surface area contributed by atoms with Crippen LogP contribution < -0.4 is 0 Å². The van der Waals surface area contributed by atoms with E-state index in [1.807, 2.05) is 132 Å². The van der Waals surface area contributed by atoms with Gasteiger partial charge in [-0.3, -0.25) is 0 Å². The molecule has 3 heterocycles. The number of nitrogens with zero attached hydrogens (tertiary/aromatic N) is 3. The maximum Gasteiger partial charge on any atom is 0.338 e. The monoisotopic (exact) mass is 1310 g/mol. The molecule has 0 spiro atoms. The van der Waals surface area contributed by atoms with Gasteiger partial charge in [0.1, 0.15) is 55.4 Å². The maximum absolute atomic E-state index is 14.8. The van der Waals surface area contributed by atoms with Crippen molar-refractivity contribution in [2.45, 2.75) is 158 Å². The summed E-state index contributed by atoms with van der Waals surface area (Å²) in [4.78, 5) is 61.3. The highest BCUT2D eigenvalue weighted by Gasteiger charge is 2.59. The molecule has 3 saturated heterocycles. The van der Waals surface area contributed by atoms with Crippen molar-refractivity contribution >= 4 is 32.2 Å². The highest BCUT2D eigenvalue weighted by Crippen LogP contribution is 2.43. The second-order valence-electron chi connectivity index (χ2n) is 24.7. The van der Waals surface area contributed by atoms with Crippen LogP contribution in [0.2, 0.25) is 18.1 Å². The number of ether oxygens (including phenoxy) is 12. The average Bonchev–Trinajstić information content (AvgIpc) is 0.847. The molecule has 7 aromatic carbocycles. The van der Waals surface area contributed by atoms with Gasteiger partial charge in [0.25, 0.3) is 0 Å². The Morgan fingerprint density at radius 2 is 0.842 bits per heavy atom. The SMILES string of the molecule is C[C@@H]1O[C@@H](O[C@@H]2[C@@H](N=[N+]=[N-])[C@H](O[Si](C)(C)C(C)(C)C)O[C@H](CO)[C@H]2O[C@@H]2O[C@H](COC(=O)c3ccccc3)[C@H](OC(=O)c3ccccc3)[C@H](OC(=O)c3ccccc3)[C@H]2OC(=O)c2ccccc2)[C@@H](OCc2ccccc2)[C@H](OCc2ccccc2)[C@@H]1OCc1ccccc1. The summed E-state index contributed by atoms with van der Waals surface area (Å²) < 4.78 is 88.2. The molecule has 0 saturated carbocycles. The van der Waals surface area contributed by atoms with Gasteiger partial charge in [0.15, 0.2) is 45.5 Å². The molecule has 0 unspecified atom stereocenters. The van der Waals surface area contributed by atoms with Gasteiger partial charge in [-0.1, -0.05) is 190 Å². The van der Waals surface area contributed by atoms with Gasteiger partial charge in [-0.05, 0) is 95.8 Å². The molecule has 0 amide bonds. The number of hydrogen-bond acceptors (Lipinski definition) is 19. The number of aliphatic hydroxyl groups excluding tert-OH is 1. The quantitative estimate of drug-likeness (QED) is 0.0132. The van der Waals surface area contributed by atoms with Crippen molar-refractivity contribution in [3.05, 3.63) is 262 Å². The van der Waals surface area contributed by atoms with Gasteiger partial charge < -0.3 is 66.4 Å². The number of esters is 4. The van der Waals surface area contributed by atoms with E-state index in [1.54, 1.807) is 72.8 Å². The predicted molar refractivity (Wildman–Crippen MR) is 348 cm³/mol. The normalized spacial score (nSPS) is 26.0. The Bertz CT molecular complexity index is 3620. The predicted octanol–water partition coefficient (Wildman–Crippen LogP) is 11.9. The number of carbonyl (C=O) groups excluding carboxylic acids is 4. The first-order chi connectivity index (χ1) is 46.0. The molecule has 3 aliphatic rings. The fourth-order valence-electron chi connectivity index (χ4n) is 11.0. The largest absolute Gasteiger partial charge is 0.459 e. The molecule has 0 aromatic heterocycles. The molecule has 0 aliphatic carbocycles. The van der Waals surface area contributed by atoms with Gasteiger partial charge in [0.05, 0.1) is 54.8 Å². The lowest BCUT2D eigenvalue weighted by molar-refractivity contribution is -0.373. The summed E-state index contributed by atoms with van der Waals surface area (Å²) >= 11 is 0. The zero-order valence-corrected chi connectivity index (χ0v) is 54.6. The Morgan fingerprint density at radius 3 is 1.28 bits per heavy atom. The minimum absolute atomic E-state index is 0.0171. The lowest BCUT2D eigenvalue weighted by atomic mass is 9.94. The number of hydrogen-bond donors (Lipinski definition) is 1. The molecule has 15 atom stereocenters. The summed E-state index contributed by atoms with van der Waals surface area (Å²) in [6.07, 6.45) is -20.6. The van der Waals surface area contributed by atoms with Crippen molar-refractivity contribution in [2.24, 2.45) is 5.11 Å². The molecule has 21 nitrogen and oxygen atoms in total.